The second-order valence-electron chi connectivity index (χ2n) is 3.70. The first kappa shape index (κ1) is 13.0. The zero-order chi connectivity index (χ0) is 14.5. The highest BCUT2D eigenvalue weighted by atomic mass is 16.4. The van der Waals surface area contributed by atoms with Gasteiger partial charge < -0.3 is 5.11 Å². The summed E-state index contributed by atoms with van der Waals surface area (Å²) in [6.45, 7) is 0. The van der Waals surface area contributed by atoms with E-state index < -0.39 is 5.97 Å². The molecule has 0 radical (unpaired) electrons. The average Bonchev–Trinajstić information content (AvgIpc) is 2.47. The number of nitrogens with zero attached hydrogens (tertiary/aromatic N) is 4. The van der Waals surface area contributed by atoms with Gasteiger partial charge in [0.2, 0.25) is 5.71 Å². The first-order chi connectivity index (χ1) is 9.65. The molecular weight excluding hydrogens is 258 g/mol. The molecule has 2 N–H and O–H groups in total. The Bertz CT molecular complexity index is 782. The number of aromatic carboxylic acids is 1. The predicted molar refractivity (Wildman–Crippen MR) is 71.0 cm³/mol. The van der Waals surface area contributed by atoms with Crippen LogP contribution < -0.4 is 5.43 Å². The summed E-state index contributed by atoms with van der Waals surface area (Å²) in [4.78, 5) is 15.0. The number of nitriles is 2. The molecule has 0 aliphatic carbocycles. The van der Waals surface area contributed by atoms with Crippen molar-refractivity contribution in [3.8, 4) is 12.1 Å². The molecule has 0 fully saturated rings. The zero-order valence-corrected chi connectivity index (χ0v) is 10.0. The summed E-state index contributed by atoms with van der Waals surface area (Å²) in [7, 11) is 0. The first-order valence-corrected chi connectivity index (χ1v) is 5.41. The lowest BCUT2D eigenvalue weighted by Crippen LogP contribution is -2.00. The fourth-order valence-electron chi connectivity index (χ4n) is 1.55. The molecular formula is C13H7N5O2. The minimum atomic E-state index is -1.09. The lowest BCUT2D eigenvalue weighted by Gasteiger charge is -2.05. The van der Waals surface area contributed by atoms with E-state index in [2.05, 4.69) is 15.5 Å². The Balaban J connectivity index is 2.51. The highest BCUT2D eigenvalue weighted by Gasteiger charge is 2.07. The molecule has 0 spiro atoms. The zero-order valence-electron chi connectivity index (χ0n) is 10.0. The summed E-state index contributed by atoms with van der Waals surface area (Å²) in [5.74, 6) is -1.09. The van der Waals surface area contributed by atoms with Crippen molar-refractivity contribution in [2.45, 2.75) is 0 Å². The number of pyridine rings is 1. The van der Waals surface area contributed by atoms with Gasteiger partial charge in [0, 0.05) is 11.6 Å². The van der Waals surface area contributed by atoms with Crippen LogP contribution in [0, 0.1) is 22.7 Å². The van der Waals surface area contributed by atoms with Crippen molar-refractivity contribution in [2.24, 2.45) is 5.10 Å². The fourth-order valence-corrected chi connectivity index (χ4v) is 1.55. The molecule has 7 heteroatoms. The van der Waals surface area contributed by atoms with Crippen LogP contribution in [0.25, 0.3) is 10.9 Å². The molecule has 20 heavy (non-hydrogen) atoms. The number of fused-ring (bicyclic) bond motifs is 1. The molecule has 1 heterocycles. The van der Waals surface area contributed by atoms with Crippen molar-refractivity contribution in [1.82, 2.24) is 4.98 Å². The van der Waals surface area contributed by atoms with Crippen LogP contribution >= 0.6 is 0 Å². The third-order valence-corrected chi connectivity index (χ3v) is 2.47. The first-order valence-electron chi connectivity index (χ1n) is 5.41. The molecule has 0 saturated carbocycles. The van der Waals surface area contributed by atoms with E-state index in [9.17, 15) is 4.79 Å². The third kappa shape index (κ3) is 2.52. The van der Waals surface area contributed by atoms with Crippen molar-refractivity contribution in [2.75, 3.05) is 5.43 Å². The summed E-state index contributed by atoms with van der Waals surface area (Å²) in [5.41, 5.74) is 3.31. The maximum absolute atomic E-state index is 10.9. The van der Waals surface area contributed by atoms with E-state index in [4.69, 9.17) is 15.6 Å². The van der Waals surface area contributed by atoms with Gasteiger partial charge in [0.05, 0.1) is 16.8 Å². The Morgan fingerprint density at radius 3 is 2.75 bits per heavy atom. The van der Waals surface area contributed by atoms with Crippen molar-refractivity contribution < 1.29 is 9.90 Å². The van der Waals surface area contributed by atoms with E-state index in [0.29, 0.717) is 16.6 Å². The van der Waals surface area contributed by atoms with E-state index in [1.54, 1.807) is 30.3 Å². The summed E-state index contributed by atoms with van der Waals surface area (Å²) < 4.78 is 0. The summed E-state index contributed by atoms with van der Waals surface area (Å²) in [6, 6.07) is 9.74. The maximum Gasteiger partial charge on any atom is 0.337 e. The largest absolute Gasteiger partial charge is 0.478 e. The third-order valence-electron chi connectivity index (χ3n) is 2.47. The minimum Gasteiger partial charge on any atom is -0.478 e. The Morgan fingerprint density at radius 1 is 1.35 bits per heavy atom. The van der Waals surface area contributed by atoms with Crippen LogP contribution in [0.2, 0.25) is 0 Å². The normalized spacial score (nSPS) is 9.30. The molecule has 0 amide bonds. The molecule has 0 saturated heterocycles. The molecule has 96 valence electrons. The van der Waals surface area contributed by atoms with E-state index >= 15 is 0 Å². The lowest BCUT2D eigenvalue weighted by molar-refractivity contribution is 0.0696. The maximum atomic E-state index is 10.9. The minimum absolute atomic E-state index is 0.0384. The Morgan fingerprint density at radius 2 is 2.10 bits per heavy atom. The molecule has 0 aliphatic heterocycles. The van der Waals surface area contributed by atoms with Crippen molar-refractivity contribution in [3.63, 3.8) is 0 Å². The summed E-state index contributed by atoms with van der Waals surface area (Å²) in [5, 5.41) is 30.3. The topological polar surface area (TPSA) is 122 Å². The van der Waals surface area contributed by atoms with Crippen molar-refractivity contribution >= 4 is 28.3 Å². The number of hydrogen-bond donors (Lipinski definition) is 2. The monoisotopic (exact) mass is 265 g/mol. The van der Waals surface area contributed by atoms with E-state index in [0.717, 1.165) is 0 Å². The Hall–Kier alpha value is -3.45. The standard InChI is InChI=1S/C13H7N5O2/c14-5-9(6-15)17-18-12-3-1-2-11-10(12)4-8(7-16-11)13(19)20/h1-4,7,18H,(H,19,20). The molecule has 0 unspecified atom stereocenters. The van der Waals surface area contributed by atoms with Crippen LogP contribution in [0.5, 0.6) is 0 Å². The molecule has 0 bridgehead atoms. The van der Waals surface area contributed by atoms with Gasteiger partial charge in [0.1, 0.15) is 12.1 Å². The van der Waals surface area contributed by atoms with Crippen LogP contribution in [0.15, 0.2) is 35.6 Å². The number of rotatable bonds is 3. The quantitative estimate of drug-likeness (QED) is 0.643. The molecule has 0 atom stereocenters. The van der Waals surface area contributed by atoms with Crippen LogP contribution in [-0.2, 0) is 0 Å². The number of hydrogen-bond acceptors (Lipinski definition) is 6. The number of carbonyl (C=O) groups is 1. The number of carboxylic acids is 1. The lowest BCUT2D eigenvalue weighted by atomic mass is 10.1. The molecule has 2 rings (SSSR count). The van der Waals surface area contributed by atoms with E-state index in [1.807, 2.05) is 0 Å². The van der Waals surface area contributed by atoms with Crippen LogP contribution in [-0.4, -0.2) is 21.8 Å². The van der Waals surface area contributed by atoms with E-state index in [-0.39, 0.29) is 11.3 Å². The molecule has 2 aromatic rings. The van der Waals surface area contributed by atoms with Crippen LogP contribution in [0.4, 0.5) is 5.69 Å². The number of nitrogens with one attached hydrogen (secondary N) is 1. The van der Waals surface area contributed by atoms with Gasteiger partial charge in [0.25, 0.3) is 0 Å². The number of benzene rings is 1. The van der Waals surface area contributed by atoms with Gasteiger partial charge in [-0.15, -0.1) is 0 Å². The van der Waals surface area contributed by atoms with Crippen LogP contribution in [0.3, 0.4) is 0 Å². The fraction of sp³-hybridized carbons (Fsp3) is 0. The summed E-state index contributed by atoms with van der Waals surface area (Å²) >= 11 is 0. The highest BCUT2D eigenvalue weighted by molar-refractivity contribution is 6.10. The van der Waals surface area contributed by atoms with Crippen molar-refractivity contribution in [3.05, 3.63) is 36.0 Å². The Kier molecular flexibility index (Phi) is 3.55. The molecule has 1 aromatic carbocycles. The van der Waals surface area contributed by atoms with Crippen molar-refractivity contribution in [1.29, 1.82) is 10.5 Å². The molecule has 0 aliphatic rings. The number of carboxylic acid groups (broad SMARTS) is 1. The SMILES string of the molecule is N#CC(C#N)=NNc1cccc2ncc(C(=O)O)cc12. The Labute approximate surface area is 113 Å². The second kappa shape index (κ2) is 5.46. The van der Waals surface area contributed by atoms with E-state index in [1.165, 1.54) is 12.3 Å². The molecule has 1 aromatic heterocycles. The highest BCUT2D eigenvalue weighted by Crippen LogP contribution is 2.22. The summed E-state index contributed by atoms with van der Waals surface area (Å²) in [6.07, 6.45) is 1.26. The van der Waals surface area contributed by atoms with Gasteiger partial charge in [-0.05, 0) is 18.2 Å². The number of anilines is 1. The van der Waals surface area contributed by atoms with Gasteiger partial charge in [-0.2, -0.15) is 15.6 Å². The smallest absolute Gasteiger partial charge is 0.337 e. The van der Waals surface area contributed by atoms with Crippen LogP contribution in [0.1, 0.15) is 10.4 Å². The average molecular weight is 265 g/mol. The number of hydrazone groups is 1. The van der Waals surface area contributed by atoms with Gasteiger partial charge in [-0.1, -0.05) is 6.07 Å². The van der Waals surface area contributed by atoms with Gasteiger partial charge in [0.15, 0.2) is 0 Å². The number of aromatic nitrogens is 1. The second-order valence-corrected chi connectivity index (χ2v) is 3.70. The van der Waals surface area contributed by atoms with Gasteiger partial charge >= 0.3 is 5.97 Å². The van der Waals surface area contributed by atoms with Gasteiger partial charge in [-0.25, -0.2) is 4.79 Å². The predicted octanol–water partition coefficient (Wildman–Crippen LogP) is 1.75. The molecule has 7 nitrogen and oxygen atoms in total. The van der Waals surface area contributed by atoms with Gasteiger partial charge in [-0.3, -0.25) is 10.4 Å².